The first kappa shape index (κ1) is 21.4. The van der Waals surface area contributed by atoms with E-state index in [2.05, 4.69) is 20.6 Å². The summed E-state index contributed by atoms with van der Waals surface area (Å²) in [4.78, 5) is 46.1. The predicted octanol–water partition coefficient (Wildman–Crippen LogP) is 2.13. The number of ether oxygens (including phenoxy) is 1. The number of aromatic nitrogens is 2. The molecule has 2 heterocycles. The van der Waals surface area contributed by atoms with Crippen molar-refractivity contribution in [3.63, 3.8) is 0 Å². The second kappa shape index (κ2) is 9.51. The number of benzene rings is 2. The van der Waals surface area contributed by atoms with Crippen LogP contribution in [0.4, 0.5) is 4.79 Å². The molecule has 0 spiro atoms. The van der Waals surface area contributed by atoms with Crippen molar-refractivity contribution in [2.45, 2.75) is 31.8 Å². The van der Waals surface area contributed by atoms with Crippen LogP contribution in [0, 0.1) is 0 Å². The molecule has 3 N–H and O–H groups in total. The van der Waals surface area contributed by atoms with E-state index in [-0.39, 0.29) is 18.9 Å². The molecule has 0 unspecified atom stereocenters. The Hall–Kier alpha value is -3.88. The van der Waals surface area contributed by atoms with Gasteiger partial charge in [-0.1, -0.05) is 30.3 Å². The number of amides is 4. The fourth-order valence-electron chi connectivity index (χ4n) is 3.73. The SMILES string of the molecule is COc1ccccc1CN1C(=O)N[C@@H](CC(=O)NCCCc2nc3ccccc3[nH]2)C1=O. The molecule has 1 aliphatic rings. The van der Waals surface area contributed by atoms with E-state index >= 15 is 0 Å². The number of urea groups is 1. The summed E-state index contributed by atoms with van der Waals surface area (Å²) in [7, 11) is 1.53. The second-order valence-corrected chi connectivity index (χ2v) is 7.60. The third kappa shape index (κ3) is 4.72. The second-order valence-electron chi connectivity index (χ2n) is 7.60. The lowest BCUT2D eigenvalue weighted by Gasteiger charge is -2.15. The summed E-state index contributed by atoms with van der Waals surface area (Å²) < 4.78 is 5.28. The lowest BCUT2D eigenvalue weighted by Crippen LogP contribution is -2.36. The number of H-pyrrole nitrogens is 1. The van der Waals surface area contributed by atoms with Crippen LogP contribution in [-0.4, -0.2) is 52.4 Å². The lowest BCUT2D eigenvalue weighted by molar-refractivity contribution is -0.131. The van der Waals surface area contributed by atoms with Crippen LogP contribution in [0.15, 0.2) is 48.5 Å². The van der Waals surface area contributed by atoms with Gasteiger partial charge in [0.05, 0.1) is 31.1 Å². The number of para-hydroxylation sites is 3. The minimum absolute atomic E-state index is 0.0876. The maximum absolute atomic E-state index is 12.7. The lowest BCUT2D eigenvalue weighted by atomic mass is 10.1. The molecular formula is C23H25N5O4. The van der Waals surface area contributed by atoms with Crippen molar-refractivity contribution < 1.29 is 19.1 Å². The molecule has 0 bridgehead atoms. The average Bonchev–Trinajstić information content (AvgIpc) is 3.33. The largest absolute Gasteiger partial charge is 0.496 e. The quantitative estimate of drug-likeness (QED) is 0.352. The van der Waals surface area contributed by atoms with Gasteiger partial charge in [-0.05, 0) is 24.6 Å². The van der Waals surface area contributed by atoms with Crippen molar-refractivity contribution in [1.82, 2.24) is 25.5 Å². The van der Waals surface area contributed by atoms with Gasteiger partial charge >= 0.3 is 6.03 Å². The number of hydrogen-bond donors (Lipinski definition) is 3. The van der Waals surface area contributed by atoms with Gasteiger partial charge in [-0.25, -0.2) is 9.78 Å². The highest BCUT2D eigenvalue weighted by Gasteiger charge is 2.39. The van der Waals surface area contributed by atoms with Gasteiger partial charge < -0.3 is 20.4 Å². The number of nitrogens with one attached hydrogen (secondary N) is 3. The van der Waals surface area contributed by atoms with Crippen LogP contribution < -0.4 is 15.4 Å². The first-order valence-electron chi connectivity index (χ1n) is 10.5. The van der Waals surface area contributed by atoms with E-state index in [1.807, 2.05) is 36.4 Å². The van der Waals surface area contributed by atoms with Gasteiger partial charge in [0.25, 0.3) is 5.91 Å². The molecule has 32 heavy (non-hydrogen) atoms. The Morgan fingerprint density at radius 3 is 2.75 bits per heavy atom. The van der Waals surface area contributed by atoms with Crippen molar-refractivity contribution >= 4 is 28.9 Å². The third-order valence-corrected chi connectivity index (χ3v) is 5.37. The van der Waals surface area contributed by atoms with E-state index in [9.17, 15) is 14.4 Å². The summed E-state index contributed by atoms with van der Waals surface area (Å²) in [5.41, 5.74) is 2.62. The molecule has 2 aromatic carbocycles. The summed E-state index contributed by atoms with van der Waals surface area (Å²) in [6.07, 6.45) is 1.30. The number of fused-ring (bicyclic) bond motifs is 1. The highest BCUT2D eigenvalue weighted by Crippen LogP contribution is 2.21. The molecule has 0 radical (unpaired) electrons. The number of hydrogen-bond acceptors (Lipinski definition) is 5. The normalized spacial score (nSPS) is 15.8. The number of methoxy groups -OCH3 is 1. The van der Waals surface area contributed by atoms with E-state index in [1.165, 1.54) is 7.11 Å². The molecule has 4 rings (SSSR count). The number of carbonyl (C=O) groups excluding carboxylic acids is 3. The molecule has 166 valence electrons. The van der Waals surface area contributed by atoms with Gasteiger partial charge in [-0.3, -0.25) is 14.5 Å². The van der Waals surface area contributed by atoms with Crippen molar-refractivity contribution in [3.05, 3.63) is 59.9 Å². The molecule has 1 aliphatic heterocycles. The van der Waals surface area contributed by atoms with Crippen LogP contribution in [0.5, 0.6) is 5.75 Å². The molecule has 3 aromatic rings. The molecule has 0 saturated carbocycles. The Morgan fingerprint density at radius 1 is 1.16 bits per heavy atom. The Kier molecular flexibility index (Phi) is 6.34. The molecule has 9 heteroatoms. The number of carbonyl (C=O) groups is 3. The zero-order valence-corrected chi connectivity index (χ0v) is 17.8. The van der Waals surface area contributed by atoms with Gasteiger partial charge in [0.15, 0.2) is 0 Å². The fraction of sp³-hybridized carbons (Fsp3) is 0.304. The molecule has 0 aliphatic carbocycles. The standard InChI is InChI=1S/C23H25N5O4/c1-32-19-10-5-2-7-15(19)14-28-22(30)18(27-23(28)31)13-21(29)24-12-6-11-20-25-16-8-3-4-9-17(16)26-20/h2-5,7-10,18H,6,11-14H2,1H3,(H,24,29)(H,25,26)(H,27,31)/t18-/m0/s1. The topological polar surface area (TPSA) is 116 Å². The summed E-state index contributed by atoms with van der Waals surface area (Å²) in [6, 6.07) is 13.6. The van der Waals surface area contributed by atoms with E-state index in [0.717, 1.165) is 21.8 Å². The Labute approximate surface area is 185 Å². The highest BCUT2D eigenvalue weighted by molar-refractivity contribution is 6.05. The predicted molar refractivity (Wildman–Crippen MR) is 118 cm³/mol. The van der Waals surface area contributed by atoms with Gasteiger partial charge in [0, 0.05) is 18.5 Å². The molecule has 1 aromatic heterocycles. The molecule has 1 fully saturated rings. The number of rotatable bonds is 9. The number of imide groups is 1. The summed E-state index contributed by atoms with van der Waals surface area (Å²) in [5, 5.41) is 5.40. The van der Waals surface area contributed by atoms with Crippen LogP contribution in [0.3, 0.4) is 0 Å². The van der Waals surface area contributed by atoms with E-state index in [4.69, 9.17) is 4.74 Å². The zero-order valence-electron chi connectivity index (χ0n) is 17.8. The molecular weight excluding hydrogens is 410 g/mol. The van der Waals surface area contributed by atoms with Crippen LogP contribution in [0.2, 0.25) is 0 Å². The monoisotopic (exact) mass is 435 g/mol. The van der Waals surface area contributed by atoms with Crippen LogP contribution in [-0.2, 0) is 22.6 Å². The van der Waals surface area contributed by atoms with Crippen molar-refractivity contribution in [2.24, 2.45) is 0 Å². The molecule has 9 nitrogen and oxygen atoms in total. The zero-order chi connectivity index (χ0) is 22.5. The fourth-order valence-corrected chi connectivity index (χ4v) is 3.73. The first-order valence-corrected chi connectivity index (χ1v) is 10.5. The molecule has 1 saturated heterocycles. The summed E-state index contributed by atoms with van der Waals surface area (Å²) >= 11 is 0. The number of aryl methyl sites for hydroxylation is 1. The van der Waals surface area contributed by atoms with Gasteiger partial charge in [-0.15, -0.1) is 0 Å². The third-order valence-electron chi connectivity index (χ3n) is 5.37. The van der Waals surface area contributed by atoms with E-state index < -0.39 is 18.0 Å². The van der Waals surface area contributed by atoms with Crippen molar-refractivity contribution in [2.75, 3.05) is 13.7 Å². The van der Waals surface area contributed by atoms with Gasteiger partial charge in [0.1, 0.15) is 17.6 Å². The number of aromatic amines is 1. The van der Waals surface area contributed by atoms with E-state index in [1.54, 1.807) is 12.1 Å². The van der Waals surface area contributed by atoms with E-state index in [0.29, 0.717) is 30.7 Å². The van der Waals surface area contributed by atoms with Crippen molar-refractivity contribution in [3.8, 4) is 5.75 Å². The maximum Gasteiger partial charge on any atom is 0.325 e. The summed E-state index contributed by atoms with van der Waals surface area (Å²) in [6.45, 7) is 0.542. The highest BCUT2D eigenvalue weighted by atomic mass is 16.5. The number of imidazole rings is 1. The Morgan fingerprint density at radius 2 is 1.94 bits per heavy atom. The van der Waals surface area contributed by atoms with Gasteiger partial charge in [0.2, 0.25) is 5.91 Å². The summed E-state index contributed by atoms with van der Waals surface area (Å²) in [5.74, 6) is 0.759. The molecule has 4 amide bonds. The van der Waals surface area contributed by atoms with Crippen molar-refractivity contribution in [1.29, 1.82) is 0 Å². The minimum Gasteiger partial charge on any atom is -0.496 e. The minimum atomic E-state index is -0.868. The first-order chi connectivity index (χ1) is 15.5. The maximum atomic E-state index is 12.7. The van der Waals surface area contributed by atoms with Crippen LogP contribution in [0.25, 0.3) is 11.0 Å². The number of nitrogens with zero attached hydrogens (tertiary/aromatic N) is 2. The smallest absolute Gasteiger partial charge is 0.325 e. The Bertz CT molecular complexity index is 1110. The molecule has 1 atom stereocenters. The Balaban J connectivity index is 1.24. The van der Waals surface area contributed by atoms with Gasteiger partial charge in [-0.2, -0.15) is 0 Å². The van der Waals surface area contributed by atoms with Crippen LogP contribution >= 0.6 is 0 Å². The van der Waals surface area contributed by atoms with Crippen LogP contribution in [0.1, 0.15) is 24.2 Å². The average molecular weight is 435 g/mol.